The lowest BCUT2D eigenvalue weighted by molar-refractivity contribution is 1.41. The van der Waals surface area contributed by atoms with Gasteiger partial charge in [-0.2, -0.15) is 0 Å². The third kappa shape index (κ3) is 3.34. The van der Waals surface area contributed by atoms with Crippen LogP contribution in [-0.4, -0.2) is 22.8 Å². The summed E-state index contributed by atoms with van der Waals surface area (Å²) in [6.45, 7) is 0. The number of hydrogen-bond donors (Lipinski definition) is 0. The Hall–Kier alpha value is -3.22. The number of hydrogen-bond acceptors (Lipinski definition) is 5. The Bertz CT molecular complexity index is 1380. The topological polar surface area (TPSA) is 49.4 Å². The van der Waals surface area contributed by atoms with Gasteiger partial charge in [0.15, 0.2) is 0 Å². The number of halogens is 1. The van der Waals surface area contributed by atoms with Gasteiger partial charge in [0.1, 0.15) is 0 Å². The van der Waals surface area contributed by atoms with Gasteiger partial charge >= 0.3 is 0 Å². The molecule has 5 aliphatic rings. The van der Waals surface area contributed by atoms with E-state index in [1.807, 2.05) is 60.8 Å². The molecular formula is C24H13BrN4S. The molecule has 0 unspecified atom stereocenters. The van der Waals surface area contributed by atoms with Gasteiger partial charge in [-0.1, -0.05) is 0 Å². The van der Waals surface area contributed by atoms with Crippen LogP contribution in [0, 0.1) is 0 Å². The van der Waals surface area contributed by atoms with E-state index >= 15 is 0 Å². The first kappa shape index (κ1) is 17.6. The van der Waals surface area contributed by atoms with Crippen LogP contribution in [0.1, 0.15) is 4.88 Å². The molecule has 0 N–H and O–H groups in total. The third-order valence-electron chi connectivity index (χ3n) is 4.88. The molecule has 0 radical (unpaired) electrons. The average Bonchev–Trinajstić information content (AvgIpc) is 3.51. The minimum atomic E-state index is 0.877. The van der Waals surface area contributed by atoms with E-state index in [0.717, 1.165) is 59.9 Å². The van der Waals surface area contributed by atoms with Crippen LogP contribution in [0.5, 0.6) is 0 Å². The molecule has 1 aromatic rings. The molecule has 0 saturated carbocycles. The summed E-state index contributed by atoms with van der Waals surface area (Å²) in [5, 5.41) is 0. The summed E-state index contributed by atoms with van der Waals surface area (Å²) in [6, 6.07) is 4.17. The van der Waals surface area contributed by atoms with Crippen LogP contribution in [0.4, 0.5) is 0 Å². The van der Waals surface area contributed by atoms with Gasteiger partial charge in [0.25, 0.3) is 0 Å². The van der Waals surface area contributed by atoms with Gasteiger partial charge in [0.2, 0.25) is 0 Å². The fourth-order valence-electron chi connectivity index (χ4n) is 3.55. The number of rotatable bonds is 1. The molecule has 6 heteroatoms. The van der Waals surface area contributed by atoms with Crippen molar-refractivity contribution in [2.75, 3.05) is 0 Å². The van der Waals surface area contributed by atoms with Crippen molar-refractivity contribution >= 4 is 55.7 Å². The molecule has 0 aliphatic carbocycles. The van der Waals surface area contributed by atoms with Crippen molar-refractivity contribution in [1.82, 2.24) is 0 Å². The zero-order valence-electron chi connectivity index (χ0n) is 15.6. The molecule has 142 valence electrons. The van der Waals surface area contributed by atoms with Crippen LogP contribution in [0.25, 0.3) is 5.57 Å². The van der Waals surface area contributed by atoms with Crippen molar-refractivity contribution in [1.29, 1.82) is 0 Å². The van der Waals surface area contributed by atoms with Gasteiger partial charge < -0.3 is 0 Å². The van der Waals surface area contributed by atoms with E-state index in [2.05, 4.69) is 39.1 Å². The Kier molecular flexibility index (Phi) is 4.07. The zero-order valence-corrected chi connectivity index (χ0v) is 18.0. The molecular weight excluding hydrogens is 456 g/mol. The largest absolute Gasteiger partial charge is 0.249 e. The summed E-state index contributed by atoms with van der Waals surface area (Å²) in [7, 11) is 0. The van der Waals surface area contributed by atoms with Crippen molar-refractivity contribution in [2.45, 2.75) is 0 Å². The lowest BCUT2D eigenvalue weighted by Crippen LogP contribution is -1.89. The number of aliphatic imine (C=N–C) groups is 4. The summed E-state index contributed by atoms with van der Waals surface area (Å²) in [4.78, 5) is 20.1. The van der Waals surface area contributed by atoms with Crippen LogP contribution in [0.2, 0.25) is 0 Å². The van der Waals surface area contributed by atoms with Crippen molar-refractivity contribution in [3.05, 3.63) is 110 Å². The Morgan fingerprint density at radius 1 is 0.567 bits per heavy atom. The van der Waals surface area contributed by atoms with Crippen LogP contribution in [0.15, 0.2) is 126 Å². The molecule has 4 nitrogen and oxygen atoms in total. The van der Waals surface area contributed by atoms with Crippen molar-refractivity contribution in [3.63, 3.8) is 0 Å². The van der Waals surface area contributed by atoms with E-state index < -0.39 is 0 Å². The van der Waals surface area contributed by atoms with Crippen molar-refractivity contribution < 1.29 is 0 Å². The Morgan fingerprint density at radius 2 is 1.13 bits per heavy atom. The summed E-state index contributed by atoms with van der Waals surface area (Å²) in [5.41, 5.74) is 8.16. The third-order valence-corrected chi connectivity index (χ3v) is 6.53. The van der Waals surface area contributed by atoms with Crippen LogP contribution in [-0.2, 0) is 0 Å². The highest BCUT2D eigenvalue weighted by molar-refractivity contribution is 9.11. The van der Waals surface area contributed by atoms with Gasteiger partial charge in [-0.15, -0.1) is 11.3 Å². The number of allylic oxidation sites excluding steroid dienone is 12. The maximum absolute atomic E-state index is 4.87. The Labute approximate surface area is 185 Å². The molecule has 6 rings (SSSR count). The summed E-state index contributed by atoms with van der Waals surface area (Å²) < 4.78 is 1.09. The van der Waals surface area contributed by atoms with Crippen LogP contribution < -0.4 is 0 Å². The highest BCUT2D eigenvalue weighted by Gasteiger charge is 2.19. The van der Waals surface area contributed by atoms with E-state index in [1.54, 1.807) is 11.3 Å². The predicted octanol–water partition coefficient (Wildman–Crippen LogP) is 5.93. The minimum Gasteiger partial charge on any atom is -0.249 e. The standard InChI is InChI=1S/C24H13BrN4S/c25-24-8-7-23(30-24)21-12-20-11-18-4-3-16(27-18)9-14-1-2-15(26-14)10-17-5-6-19(28-17)13-22(21)29-20/h1-13H. The number of nitrogens with zero attached hydrogens (tertiary/aromatic N) is 4. The van der Waals surface area contributed by atoms with E-state index in [1.165, 1.54) is 0 Å². The second kappa shape index (κ2) is 6.93. The van der Waals surface area contributed by atoms with E-state index in [9.17, 15) is 0 Å². The fourth-order valence-corrected chi connectivity index (χ4v) is 4.96. The molecule has 8 bridgehead atoms. The van der Waals surface area contributed by atoms with Crippen molar-refractivity contribution in [2.24, 2.45) is 20.0 Å². The molecule has 6 heterocycles. The molecule has 0 aromatic carbocycles. The smallest absolute Gasteiger partial charge is 0.0745 e. The molecule has 30 heavy (non-hydrogen) atoms. The van der Waals surface area contributed by atoms with E-state index in [-0.39, 0.29) is 0 Å². The molecule has 0 spiro atoms. The molecule has 0 fully saturated rings. The lowest BCUT2D eigenvalue weighted by Gasteiger charge is -2.00. The second-order valence-electron chi connectivity index (χ2n) is 7.05. The average molecular weight is 469 g/mol. The van der Waals surface area contributed by atoms with Gasteiger partial charge in [0, 0.05) is 10.5 Å². The summed E-state index contributed by atoms with van der Waals surface area (Å²) in [5.74, 6) is 0. The number of thiophene rings is 1. The lowest BCUT2D eigenvalue weighted by atomic mass is 10.1. The summed E-state index contributed by atoms with van der Waals surface area (Å²) >= 11 is 5.26. The van der Waals surface area contributed by atoms with Crippen molar-refractivity contribution in [3.8, 4) is 0 Å². The van der Waals surface area contributed by atoms with Gasteiger partial charge in [0.05, 0.1) is 49.4 Å². The van der Waals surface area contributed by atoms with Gasteiger partial charge in [-0.3, -0.25) is 0 Å². The first-order valence-corrected chi connectivity index (χ1v) is 11.0. The normalized spacial score (nSPS) is 20.9. The Balaban J connectivity index is 1.51. The van der Waals surface area contributed by atoms with Crippen LogP contribution >= 0.6 is 27.3 Å². The number of fused-ring (bicyclic) bond motifs is 4. The predicted molar refractivity (Wildman–Crippen MR) is 129 cm³/mol. The first-order valence-electron chi connectivity index (χ1n) is 9.42. The monoisotopic (exact) mass is 468 g/mol. The quantitative estimate of drug-likeness (QED) is 0.490. The van der Waals surface area contributed by atoms with Gasteiger partial charge in [-0.25, -0.2) is 20.0 Å². The van der Waals surface area contributed by atoms with E-state index in [4.69, 9.17) is 15.0 Å². The van der Waals surface area contributed by atoms with Crippen LogP contribution in [0.3, 0.4) is 0 Å². The SMILES string of the molecule is Brc1ccc(C2=CC3=NC2=CC2=NC(=CC4=NC(=CC5=NC(=C3)C=C5)C=C4)C=C2)s1. The molecule has 5 aliphatic heterocycles. The Morgan fingerprint density at radius 3 is 1.70 bits per heavy atom. The first-order chi connectivity index (χ1) is 14.7. The molecule has 0 amide bonds. The fraction of sp³-hybridized carbons (Fsp3) is 0. The minimum absolute atomic E-state index is 0.877. The maximum Gasteiger partial charge on any atom is 0.0745 e. The molecule has 0 saturated heterocycles. The highest BCUT2D eigenvalue weighted by atomic mass is 79.9. The maximum atomic E-state index is 4.87. The highest BCUT2D eigenvalue weighted by Crippen LogP contribution is 2.36. The molecule has 1 aromatic heterocycles. The summed E-state index contributed by atoms with van der Waals surface area (Å²) in [6.07, 6.45) is 22.1. The zero-order chi connectivity index (χ0) is 20.1. The second-order valence-corrected chi connectivity index (χ2v) is 9.51. The van der Waals surface area contributed by atoms with Gasteiger partial charge in [-0.05, 0) is 94.9 Å². The molecule has 0 atom stereocenters. The van der Waals surface area contributed by atoms with E-state index in [0.29, 0.717) is 0 Å².